The maximum Gasteiger partial charge on any atom is 0.238 e. The van der Waals surface area contributed by atoms with Crippen molar-refractivity contribution in [3.8, 4) is 5.75 Å². The third kappa shape index (κ3) is 3.35. The van der Waals surface area contributed by atoms with Gasteiger partial charge in [-0.2, -0.15) is 0 Å². The molecule has 1 heterocycles. The van der Waals surface area contributed by atoms with Gasteiger partial charge < -0.3 is 9.47 Å². The molecule has 0 bridgehead atoms. The molecule has 1 aliphatic heterocycles. The lowest BCUT2D eigenvalue weighted by molar-refractivity contribution is 0.0256. The number of hydrogen-bond donors (Lipinski definition) is 1. The number of nitrogens with two attached hydrogens (primary N) is 1. The van der Waals surface area contributed by atoms with E-state index in [1.807, 2.05) is 0 Å². The van der Waals surface area contributed by atoms with Gasteiger partial charge in [-0.1, -0.05) is 11.6 Å². The van der Waals surface area contributed by atoms with Gasteiger partial charge in [0.15, 0.2) is 0 Å². The second-order valence-electron chi connectivity index (χ2n) is 4.07. The van der Waals surface area contributed by atoms with Crippen LogP contribution in [0, 0.1) is 0 Å². The lowest BCUT2D eigenvalue weighted by Gasteiger charge is -2.23. The summed E-state index contributed by atoms with van der Waals surface area (Å²) >= 11 is 5.98. The van der Waals surface area contributed by atoms with Crippen LogP contribution in [-0.2, 0) is 14.8 Å². The Morgan fingerprint density at radius 1 is 1.33 bits per heavy atom. The van der Waals surface area contributed by atoms with Crippen molar-refractivity contribution in [2.24, 2.45) is 5.14 Å². The fourth-order valence-electron chi connectivity index (χ4n) is 1.73. The molecule has 2 N–H and O–H groups in total. The summed E-state index contributed by atoms with van der Waals surface area (Å²) in [5.74, 6) is 0.468. The zero-order valence-electron chi connectivity index (χ0n) is 9.63. The summed E-state index contributed by atoms with van der Waals surface area (Å²) in [7, 11) is -3.74. The van der Waals surface area contributed by atoms with Crippen LogP contribution >= 0.6 is 11.6 Å². The molecular weight excluding hydrogens is 278 g/mol. The van der Waals surface area contributed by atoms with Crippen LogP contribution in [0.3, 0.4) is 0 Å². The average molecular weight is 292 g/mol. The molecule has 7 heteroatoms. The Bertz CT molecular complexity index is 526. The summed E-state index contributed by atoms with van der Waals surface area (Å²) in [4.78, 5) is -0.0215. The first kappa shape index (κ1) is 13.6. The average Bonchev–Trinajstić information content (AvgIpc) is 2.32. The number of ether oxygens (including phenoxy) is 2. The Morgan fingerprint density at radius 2 is 2.00 bits per heavy atom. The second-order valence-corrected chi connectivity index (χ2v) is 6.04. The van der Waals surface area contributed by atoms with Crippen LogP contribution in [-0.4, -0.2) is 27.7 Å². The zero-order chi connectivity index (χ0) is 13.2. The number of rotatable bonds is 3. The van der Waals surface area contributed by atoms with E-state index in [4.69, 9.17) is 26.2 Å². The van der Waals surface area contributed by atoms with Gasteiger partial charge in [-0.05, 0) is 18.2 Å². The molecule has 0 aliphatic carbocycles. The molecule has 18 heavy (non-hydrogen) atoms. The number of halogens is 1. The summed E-state index contributed by atoms with van der Waals surface area (Å²) in [5, 5.41) is 5.26. The van der Waals surface area contributed by atoms with Crippen LogP contribution in [0.2, 0.25) is 5.02 Å². The van der Waals surface area contributed by atoms with Crippen LogP contribution in [0.4, 0.5) is 0 Å². The van der Waals surface area contributed by atoms with Crippen molar-refractivity contribution >= 4 is 21.6 Å². The van der Waals surface area contributed by atoms with E-state index in [0.29, 0.717) is 19.0 Å². The van der Waals surface area contributed by atoms with E-state index in [-0.39, 0.29) is 16.0 Å². The van der Waals surface area contributed by atoms with Crippen molar-refractivity contribution in [2.75, 3.05) is 13.2 Å². The number of sulfonamides is 1. The van der Waals surface area contributed by atoms with E-state index < -0.39 is 10.0 Å². The van der Waals surface area contributed by atoms with Crippen molar-refractivity contribution < 1.29 is 17.9 Å². The monoisotopic (exact) mass is 291 g/mol. The Balaban J connectivity index is 2.14. The Kier molecular flexibility index (Phi) is 4.11. The fraction of sp³-hybridized carbons (Fsp3) is 0.455. The smallest absolute Gasteiger partial charge is 0.238 e. The van der Waals surface area contributed by atoms with Crippen molar-refractivity contribution in [1.29, 1.82) is 0 Å². The summed E-state index contributed by atoms with van der Waals surface area (Å²) in [5.41, 5.74) is 0. The van der Waals surface area contributed by atoms with E-state index in [1.165, 1.54) is 18.2 Å². The van der Waals surface area contributed by atoms with Gasteiger partial charge in [-0.3, -0.25) is 0 Å². The van der Waals surface area contributed by atoms with Crippen LogP contribution in [0.25, 0.3) is 0 Å². The van der Waals surface area contributed by atoms with Crippen molar-refractivity contribution in [1.82, 2.24) is 0 Å². The third-order valence-electron chi connectivity index (χ3n) is 2.69. The van der Waals surface area contributed by atoms with Crippen LogP contribution in [0.5, 0.6) is 5.75 Å². The van der Waals surface area contributed by atoms with Gasteiger partial charge in [0.25, 0.3) is 0 Å². The molecule has 0 saturated carbocycles. The first-order valence-corrected chi connectivity index (χ1v) is 7.46. The van der Waals surface area contributed by atoms with Crippen LogP contribution < -0.4 is 9.88 Å². The molecular formula is C11H14ClNO4S. The lowest BCUT2D eigenvalue weighted by atomic mass is 10.1. The molecule has 1 saturated heterocycles. The molecule has 1 aromatic carbocycles. The molecule has 100 valence electrons. The van der Waals surface area contributed by atoms with Crippen molar-refractivity contribution in [3.05, 3.63) is 23.2 Å². The molecule has 1 aliphatic rings. The normalized spacial score (nSPS) is 17.7. The summed E-state index contributed by atoms with van der Waals surface area (Å²) in [6.45, 7) is 1.33. The molecule has 0 radical (unpaired) electrons. The second kappa shape index (κ2) is 5.44. The highest BCUT2D eigenvalue weighted by Crippen LogP contribution is 2.29. The maximum absolute atomic E-state index is 11.1. The maximum atomic E-state index is 11.1. The van der Waals surface area contributed by atoms with Crippen molar-refractivity contribution in [3.63, 3.8) is 0 Å². The van der Waals surface area contributed by atoms with Gasteiger partial charge in [-0.15, -0.1) is 0 Å². The summed E-state index contributed by atoms with van der Waals surface area (Å²) in [6.07, 6.45) is 1.65. The Hall–Kier alpha value is -0.820. The van der Waals surface area contributed by atoms with E-state index in [0.717, 1.165) is 12.8 Å². The highest BCUT2D eigenvalue weighted by atomic mass is 35.5. The van der Waals surface area contributed by atoms with E-state index in [2.05, 4.69) is 0 Å². The molecule has 5 nitrogen and oxygen atoms in total. The van der Waals surface area contributed by atoms with Gasteiger partial charge in [0, 0.05) is 12.8 Å². The molecule has 1 aromatic rings. The van der Waals surface area contributed by atoms with E-state index in [1.54, 1.807) is 0 Å². The molecule has 2 rings (SSSR count). The predicted octanol–water partition coefficient (Wildman–Crippen LogP) is 1.55. The minimum Gasteiger partial charge on any atom is -0.489 e. The minimum absolute atomic E-state index is 0.0215. The van der Waals surface area contributed by atoms with E-state index in [9.17, 15) is 8.42 Å². The number of benzene rings is 1. The molecule has 0 spiro atoms. The first-order chi connectivity index (χ1) is 8.47. The van der Waals surface area contributed by atoms with Gasteiger partial charge >= 0.3 is 0 Å². The quantitative estimate of drug-likeness (QED) is 0.916. The van der Waals surface area contributed by atoms with Gasteiger partial charge in [0.05, 0.1) is 23.1 Å². The number of hydrogen-bond acceptors (Lipinski definition) is 4. The van der Waals surface area contributed by atoms with E-state index >= 15 is 0 Å². The van der Waals surface area contributed by atoms with Gasteiger partial charge in [0.1, 0.15) is 11.9 Å². The minimum atomic E-state index is -3.74. The topological polar surface area (TPSA) is 78.6 Å². The molecule has 0 amide bonds. The molecule has 1 fully saturated rings. The lowest BCUT2D eigenvalue weighted by Crippen LogP contribution is -2.26. The molecule has 0 unspecified atom stereocenters. The summed E-state index contributed by atoms with van der Waals surface area (Å²) < 4.78 is 33.2. The highest BCUT2D eigenvalue weighted by molar-refractivity contribution is 7.89. The SMILES string of the molecule is NS(=O)(=O)c1ccc(OC2CCOCC2)c(Cl)c1. The largest absolute Gasteiger partial charge is 0.489 e. The standard InChI is InChI=1S/C11H14ClNO4S/c12-10-7-9(18(13,14)15)1-2-11(10)17-8-3-5-16-6-4-8/h1-2,7-8H,3-6H2,(H2,13,14,15). The Morgan fingerprint density at radius 3 is 2.56 bits per heavy atom. The number of primary sulfonamides is 1. The van der Waals surface area contributed by atoms with Crippen LogP contribution in [0.1, 0.15) is 12.8 Å². The Labute approximate surface area is 111 Å². The predicted molar refractivity (Wildman–Crippen MR) is 67.3 cm³/mol. The van der Waals surface area contributed by atoms with Gasteiger partial charge in [0.2, 0.25) is 10.0 Å². The fourth-order valence-corrected chi connectivity index (χ4v) is 2.56. The highest BCUT2D eigenvalue weighted by Gasteiger charge is 2.17. The summed E-state index contributed by atoms with van der Waals surface area (Å²) in [6, 6.07) is 4.21. The third-order valence-corrected chi connectivity index (χ3v) is 3.90. The molecule has 0 aromatic heterocycles. The first-order valence-electron chi connectivity index (χ1n) is 5.53. The zero-order valence-corrected chi connectivity index (χ0v) is 11.2. The van der Waals surface area contributed by atoms with Crippen LogP contribution in [0.15, 0.2) is 23.1 Å². The van der Waals surface area contributed by atoms with Gasteiger partial charge in [-0.25, -0.2) is 13.6 Å². The van der Waals surface area contributed by atoms with Crippen molar-refractivity contribution in [2.45, 2.75) is 23.8 Å². The molecule has 0 atom stereocenters.